The molecular formula is H2N2O7S. The Hall–Kier alpha value is -1.29. The van der Waals surface area contributed by atoms with Crippen molar-refractivity contribution in [2.75, 3.05) is 0 Å². The second-order valence-corrected chi connectivity index (χ2v) is 1.66. The number of hydrogen-bond acceptors (Lipinski definition) is 7. The van der Waals surface area contributed by atoms with Gasteiger partial charge < -0.3 is 0 Å². The molecule has 0 saturated carbocycles. The summed E-state index contributed by atoms with van der Waals surface area (Å²) in [4.78, 5) is 16.9. The van der Waals surface area contributed by atoms with Crippen molar-refractivity contribution in [2.24, 2.45) is 5.34 Å². The highest BCUT2D eigenvalue weighted by molar-refractivity contribution is 7.80. The van der Waals surface area contributed by atoms with Crippen LogP contribution in [0.3, 0.4) is 0 Å². The summed E-state index contributed by atoms with van der Waals surface area (Å²) < 4.78 is 28.8. The molecule has 0 aliphatic rings. The predicted octanol–water partition coefficient (Wildman–Crippen LogP) is -2.18. The maximum atomic E-state index is 9.27. The number of hydrogen-bond donors (Lipinski definition) is 2. The van der Waals surface area contributed by atoms with Gasteiger partial charge in [-0.05, 0) is 0 Å². The maximum absolute atomic E-state index is 9.27. The van der Waals surface area contributed by atoms with Crippen LogP contribution in [0.5, 0.6) is 0 Å². The topological polar surface area (TPSA) is 147 Å². The summed E-state index contributed by atoms with van der Waals surface area (Å²) >= 11 is 0. The van der Waals surface area contributed by atoms with E-state index in [1.54, 1.807) is 0 Å². The van der Waals surface area contributed by atoms with E-state index in [0.717, 1.165) is 0 Å². The van der Waals surface area contributed by atoms with Gasteiger partial charge in [-0.25, -0.2) is 4.28 Å². The molecule has 9 nitrogen and oxygen atoms in total. The highest BCUT2D eigenvalue weighted by Crippen LogP contribution is 1.82. The molecule has 0 atom stereocenters. The molecule has 0 rings (SSSR count). The first kappa shape index (κ1) is 11.5. The minimum atomic E-state index is -4.65. The first-order valence-corrected chi connectivity index (χ1v) is 2.82. The molecule has 0 saturated heterocycles. The largest absolute Gasteiger partial charge is 0.468 e. The number of nitrogens with zero attached hydrogens (tertiary/aromatic N) is 1. The van der Waals surface area contributed by atoms with Gasteiger partial charge in [0.25, 0.3) is 0 Å². The standard InChI is InChI=1S/HNO5S.HNO2/c2-1-6-7(3,4)5;2-1-3/h(H,3,4,5);1H. The number of nitrogens with one attached hydrogen (secondary N) is 1. The molecule has 0 aliphatic carbocycles. The van der Waals surface area contributed by atoms with Crippen LogP contribution in [0.4, 0.5) is 0 Å². The quantitative estimate of drug-likeness (QED) is 0.209. The molecule has 0 aromatic rings. The third-order valence-electron chi connectivity index (χ3n) is 0.125. The highest BCUT2D eigenvalue weighted by Gasteiger charge is 2.01. The lowest BCUT2D eigenvalue weighted by Crippen LogP contribution is -2.53. The zero-order valence-electron chi connectivity index (χ0n) is 4.25. The van der Waals surface area contributed by atoms with E-state index < -0.39 is 10.4 Å². The fourth-order valence-corrected chi connectivity index (χ4v) is 0.115. The lowest BCUT2D eigenvalue weighted by molar-refractivity contribution is -0.398. The molecule has 2 N–H and O–H groups in total. The molecule has 0 aliphatic heterocycles. The first-order chi connectivity index (χ1) is 4.47. The fourth-order valence-electron chi connectivity index (χ4n) is 0.0385. The van der Waals surface area contributed by atoms with Crippen LogP contribution in [0, 0.1) is 15.0 Å². The van der Waals surface area contributed by atoms with Crippen LogP contribution in [-0.4, -0.2) is 13.0 Å². The summed E-state index contributed by atoms with van der Waals surface area (Å²) in [6.45, 7) is 0. The molecule has 0 bridgehead atoms. The van der Waals surface area contributed by atoms with Gasteiger partial charge in [0.2, 0.25) is 0 Å². The molecule has 0 amide bonds. The predicted molar refractivity (Wildman–Crippen MR) is 26.1 cm³/mol. The summed E-state index contributed by atoms with van der Waals surface area (Å²) in [7, 11) is -4.65. The molecule has 60 valence electrons. The van der Waals surface area contributed by atoms with Crippen LogP contribution in [0.2, 0.25) is 0 Å². The van der Waals surface area contributed by atoms with Crippen molar-refractivity contribution in [3.8, 4) is 0 Å². The van der Waals surface area contributed by atoms with Crippen LogP contribution in [-0.2, 0) is 14.7 Å². The summed E-state index contributed by atoms with van der Waals surface area (Å²) in [5.74, 6) is 0. The van der Waals surface area contributed by atoms with Crippen molar-refractivity contribution in [1.29, 1.82) is 0 Å². The van der Waals surface area contributed by atoms with E-state index in [1.807, 2.05) is 0 Å². The minimum absolute atomic E-state index is 0.250. The molecule has 0 aromatic heterocycles. The van der Waals surface area contributed by atoms with Crippen molar-refractivity contribution in [1.82, 2.24) is 0 Å². The Kier molecular flexibility index (Phi) is 6.72. The Labute approximate surface area is 54.4 Å². The van der Waals surface area contributed by atoms with Crippen LogP contribution < -0.4 is 5.34 Å². The Bertz CT molecular complexity index is 178. The maximum Gasteiger partial charge on any atom is 0.468 e. The smallest absolute Gasteiger partial charge is 0.267 e. The molecule has 0 aromatic carbocycles. The molecule has 0 heterocycles. The van der Waals surface area contributed by atoms with Crippen LogP contribution in [0.1, 0.15) is 0 Å². The van der Waals surface area contributed by atoms with Gasteiger partial charge in [-0.1, -0.05) is 0 Å². The SMILES string of the molecule is O=NOS(=O)(=O)O.O=[NH+][O-]. The summed E-state index contributed by atoms with van der Waals surface area (Å²) in [6, 6.07) is 0. The monoisotopic (exact) mass is 174 g/mol. The van der Waals surface area contributed by atoms with Crippen molar-refractivity contribution < 1.29 is 22.6 Å². The van der Waals surface area contributed by atoms with Gasteiger partial charge >= 0.3 is 10.4 Å². The van der Waals surface area contributed by atoms with Gasteiger partial charge in [-0.15, -0.1) is 4.91 Å². The van der Waals surface area contributed by atoms with Crippen molar-refractivity contribution in [2.45, 2.75) is 0 Å². The van der Waals surface area contributed by atoms with E-state index in [4.69, 9.17) is 19.6 Å². The molecule has 0 fully saturated rings. The third-order valence-corrected chi connectivity index (χ3v) is 0.374. The lowest BCUT2D eigenvalue weighted by Gasteiger charge is -1.80. The molecule has 10 heteroatoms. The average molecular weight is 174 g/mol. The Morgan fingerprint density at radius 1 is 1.60 bits per heavy atom. The summed E-state index contributed by atoms with van der Waals surface area (Å²) in [6.07, 6.45) is 0. The summed E-state index contributed by atoms with van der Waals surface area (Å²) in [5.41, 5.74) is 0. The van der Waals surface area contributed by atoms with Crippen molar-refractivity contribution in [3.05, 3.63) is 15.0 Å². The Morgan fingerprint density at radius 2 is 1.90 bits per heavy atom. The van der Waals surface area contributed by atoms with Gasteiger partial charge in [-0.2, -0.15) is 8.42 Å². The second-order valence-electron chi connectivity index (χ2n) is 0.660. The molecular weight excluding hydrogens is 172 g/mol. The second kappa shape index (κ2) is 5.84. The first-order valence-electron chi connectivity index (χ1n) is 1.46. The van der Waals surface area contributed by atoms with Gasteiger partial charge in [0, 0.05) is 5.34 Å². The van der Waals surface area contributed by atoms with E-state index in [-0.39, 0.29) is 5.34 Å². The zero-order chi connectivity index (χ0) is 8.62. The van der Waals surface area contributed by atoms with Crippen molar-refractivity contribution in [3.63, 3.8) is 0 Å². The normalized spacial score (nSPS) is 8.50. The fraction of sp³-hybridized carbons (Fsp3) is 0. The van der Waals surface area contributed by atoms with Crippen LogP contribution in [0.25, 0.3) is 0 Å². The molecule has 0 radical (unpaired) electrons. The van der Waals surface area contributed by atoms with E-state index in [1.165, 1.54) is 5.34 Å². The van der Waals surface area contributed by atoms with Crippen molar-refractivity contribution >= 4 is 10.4 Å². The highest BCUT2D eigenvalue weighted by atomic mass is 32.3. The van der Waals surface area contributed by atoms with Gasteiger partial charge in [0.05, 0.1) is 0 Å². The van der Waals surface area contributed by atoms with E-state index in [9.17, 15) is 8.42 Å². The molecule has 10 heavy (non-hydrogen) atoms. The van der Waals surface area contributed by atoms with E-state index >= 15 is 0 Å². The molecule has 0 unspecified atom stereocenters. The molecule has 0 spiro atoms. The van der Waals surface area contributed by atoms with Crippen LogP contribution >= 0.6 is 0 Å². The van der Waals surface area contributed by atoms with E-state index in [2.05, 4.69) is 4.28 Å². The minimum Gasteiger partial charge on any atom is -0.267 e. The average Bonchev–Trinajstić information content (AvgIpc) is 1.63. The Morgan fingerprint density at radius 3 is 1.90 bits per heavy atom. The van der Waals surface area contributed by atoms with Gasteiger partial charge in [0.1, 0.15) is 0 Å². The van der Waals surface area contributed by atoms with Gasteiger partial charge in [-0.3, -0.25) is 14.7 Å². The third kappa shape index (κ3) is 29.8. The van der Waals surface area contributed by atoms with Crippen LogP contribution in [0.15, 0.2) is 5.34 Å². The zero-order valence-corrected chi connectivity index (χ0v) is 5.07. The summed E-state index contributed by atoms with van der Waals surface area (Å²) in [5, 5.41) is 9.79. The lowest BCUT2D eigenvalue weighted by atomic mass is 13.4. The van der Waals surface area contributed by atoms with Gasteiger partial charge in [0.15, 0.2) is 5.34 Å². The van der Waals surface area contributed by atoms with E-state index in [0.29, 0.717) is 0 Å². The number of rotatable bonds is 2. The Balaban J connectivity index is 0.